The molecule has 0 bridgehead atoms. The number of hydrogen-bond donors (Lipinski definition) is 0. The highest BCUT2D eigenvalue weighted by Gasteiger charge is 2.59. The second-order valence-corrected chi connectivity index (χ2v) is 11.2. The molecule has 1 saturated carbocycles. The molecule has 1 aromatic carbocycles. The van der Waals surface area contributed by atoms with Crippen molar-refractivity contribution in [2.45, 2.75) is 74.1 Å². The van der Waals surface area contributed by atoms with Crippen LogP contribution < -0.4 is 0 Å². The molecule has 0 amide bonds. The normalized spacial score (nSPS) is 20.1. The van der Waals surface area contributed by atoms with Crippen LogP contribution in [0.25, 0.3) is 22.8 Å². The van der Waals surface area contributed by atoms with Crippen molar-refractivity contribution in [1.82, 2.24) is 9.55 Å². The number of allylic oxidation sites excluding steroid dienone is 3. The van der Waals surface area contributed by atoms with E-state index in [1.54, 1.807) is 0 Å². The van der Waals surface area contributed by atoms with Crippen molar-refractivity contribution in [1.29, 1.82) is 0 Å². The van der Waals surface area contributed by atoms with Crippen LogP contribution in [0.2, 0.25) is 0 Å². The summed E-state index contributed by atoms with van der Waals surface area (Å²) in [5, 5.41) is 0. The number of imidazole rings is 1. The predicted molar refractivity (Wildman–Crippen MR) is 144 cm³/mol. The van der Waals surface area contributed by atoms with Gasteiger partial charge in [0.2, 0.25) is 0 Å². The first-order chi connectivity index (χ1) is 15.3. The van der Waals surface area contributed by atoms with Crippen molar-refractivity contribution in [3.8, 4) is 11.4 Å². The molecular formula is C30H41N3. The van der Waals surface area contributed by atoms with E-state index in [1.165, 1.54) is 22.4 Å². The molecule has 0 radical (unpaired) electrons. The zero-order valence-corrected chi connectivity index (χ0v) is 22.1. The van der Waals surface area contributed by atoms with Gasteiger partial charge >= 0.3 is 0 Å². The molecule has 0 spiro atoms. The van der Waals surface area contributed by atoms with Crippen LogP contribution in [-0.4, -0.2) is 16.3 Å². The van der Waals surface area contributed by atoms with E-state index in [4.69, 9.17) is 4.98 Å². The van der Waals surface area contributed by atoms with E-state index in [1.807, 2.05) is 6.20 Å². The summed E-state index contributed by atoms with van der Waals surface area (Å²) in [5.74, 6) is 1.69. The van der Waals surface area contributed by atoms with Crippen molar-refractivity contribution in [2.24, 2.45) is 22.2 Å². The van der Waals surface area contributed by atoms with Crippen molar-refractivity contribution >= 4 is 18.1 Å². The minimum absolute atomic E-state index is 0.0946. The van der Waals surface area contributed by atoms with Gasteiger partial charge in [0.1, 0.15) is 5.82 Å². The van der Waals surface area contributed by atoms with E-state index < -0.39 is 0 Å². The van der Waals surface area contributed by atoms with Crippen LogP contribution in [0.15, 0.2) is 53.8 Å². The third kappa shape index (κ3) is 4.18. The molecule has 1 heterocycles. The van der Waals surface area contributed by atoms with E-state index in [-0.39, 0.29) is 10.8 Å². The Morgan fingerprint density at radius 3 is 2.18 bits per heavy atom. The van der Waals surface area contributed by atoms with Crippen LogP contribution in [0.1, 0.15) is 78.5 Å². The van der Waals surface area contributed by atoms with Crippen LogP contribution in [0.4, 0.5) is 0 Å². The maximum Gasteiger partial charge on any atom is 0.144 e. The average molecular weight is 444 g/mol. The zero-order chi connectivity index (χ0) is 24.9. The summed E-state index contributed by atoms with van der Waals surface area (Å²) < 4.78 is 2.25. The monoisotopic (exact) mass is 443 g/mol. The average Bonchev–Trinajstić information content (AvgIpc) is 3.05. The van der Waals surface area contributed by atoms with Gasteiger partial charge < -0.3 is 0 Å². The van der Waals surface area contributed by atoms with Gasteiger partial charge in [-0.1, -0.05) is 67.7 Å². The first-order valence-corrected chi connectivity index (χ1v) is 12.0. The molecule has 1 fully saturated rings. The van der Waals surface area contributed by atoms with Gasteiger partial charge in [-0.25, -0.2) is 4.98 Å². The Kier molecular flexibility index (Phi) is 6.50. The number of benzene rings is 1. The topological polar surface area (TPSA) is 30.2 Å². The lowest BCUT2D eigenvalue weighted by molar-refractivity contribution is 0.529. The smallest absolute Gasteiger partial charge is 0.144 e. The summed E-state index contributed by atoms with van der Waals surface area (Å²) in [6.07, 6.45) is 5.13. The fourth-order valence-corrected chi connectivity index (χ4v) is 4.87. The summed E-state index contributed by atoms with van der Waals surface area (Å²) in [7, 11) is 0. The molecule has 3 rings (SSSR count). The van der Waals surface area contributed by atoms with E-state index in [0.29, 0.717) is 17.5 Å². The highest BCUT2D eigenvalue weighted by atomic mass is 15.1. The Morgan fingerprint density at radius 2 is 1.70 bits per heavy atom. The molecule has 1 atom stereocenters. The molecule has 1 unspecified atom stereocenters. The van der Waals surface area contributed by atoms with Crippen molar-refractivity contribution in [3.63, 3.8) is 0 Å². The number of nitrogens with zero attached hydrogens (tertiary/aromatic N) is 3. The van der Waals surface area contributed by atoms with Crippen LogP contribution in [-0.2, 0) is 5.41 Å². The number of aryl methyl sites for hydroxylation is 1. The summed E-state index contributed by atoms with van der Waals surface area (Å²) in [5.41, 5.74) is 9.33. The molecule has 0 aliphatic heterocycles. The maximum absolute atomic E-state index is 4.91. The Balaban J connectivity index is 2.36. The fraction of sp³-hybridized carbons (Fsp3) is 0.467. The number of rotatable bonds is 8. The third-order valence-electron chi connectivity index (χ3n) is 7.99. The number of aromatic nitrogens is 2. The SMILES string of the molecule is C=NC(=C)c1cc(-c2nccn2/C(C(=C)C(C)C)=C(/C)C(C)C)c(C2(C)CC2(C)C)cc1C. The highest BCUT2D eigenvalue weighted by molar-refractivity contribution is 5.79. The van der Waals surface area contributed by atoms with Crippen LogP contribution in [0.3, 0.4) is 0 Å². The van der Waals surface area contributed by atoms with E-state index >= 15 is 0 Å². The lowest BCUT2D eigenvalue weighted by Gasteiger charge is -2.25. The van der Waals surface area contributed by atoms with Gasteiger partial charge in [-0.3, -0.25) is 9.56 Å². The van der Waals surface area contributed by atoms with Gasteiger partial charge in [-0.05, 0) is 78.0 Å². The van der Waals surface area contributed by atoms with Crippen LogP contribution in [0, 0.1) is 24.2 Å². The van der Waals surface area contributed by atoms with E-state index in [2.05, 4.69) is 110 Å². The molecule has 1 aliphatic rings. The van der Waals surface area contributed by atoms with E-state index in [9.17, 15) is 0 Å². The second kappa shape index (κ2) is 8.59. The molecule has 3 nitrogen and oxygen atoms in total. The molecular weight excluding hydrogens is 402 g/mol. The Morgan fingerprint density at radius 1 is 1.09 bits per heavy atom. The lowest BCUT2D eigenvalue weighted by atomic mass is 9.83. The number of aliphatic imine (C=N–C) groups is 1. The van der Waals surface area contributed by atoms with Crippen LogP contribution in [0.5, 0.6) is 0 Å². The number of hydrogen-bond acceptors (Lipinski definition) is 2. The molecule has 1 aromatic heterocycles. The summed E-state index contributed by atoms with van der Waals surface area (Å²) >= 11 is 0. The molecule has 2 aromatic rings. The predicted octanol–water partition coefficient (Wildman–Crippen LogP) is 8.32. The van der Waals surface area contributed by atoms with Gasteiger partial charge in [0.15, 0.2) is 0 Å². The first-order valence-electron chi connectivity index (χ1n) is 12.0. The second-order valence-electron chi connectivity index (χ2n) is 11.2. The zero-order valence-electron chi connectivity index (χ0n) is 22.1. The van der Waals surface area contributed by atoms with Crippen molar-refractivity contribution in [2.75, 3.05) is 0 Å². The molecule has 0 saturated heterocycles. The Labute approximate surface area is 201 Å². The van der Waals surface area contributed by atoms with Crippen molar-refractivity contribution < 1.29 is 0 Å². The van der Waals surface area contributed by atoms with Crippen molar-refractivity contribution in [3.05, 3.63) is 65.5 Å². The van der Waals surface area contributed by atoms with Crippen LogP contribution >= 0.6 is 0 Å². The summed E-state index contributed by atoms with van der Waals surface area (Å²) in [6, 6.07) is 4.55. The molecule has 33 heavy (non-hydrogen) atoms. The summed E-state index contributed by atoms with van der Waals surface area (Å²) in [6.45, 7) is 32.7. The Bertz CT molecular complexity index is 1150. The standard InChI is InChI=1S/C30H41N3/c1-18(2)21(6)27(22(7)19(3)4)33-14-13-32-28(33)25-16-24(23(8)31-12)20(5)15-26(25)30(11)17-29(30,9)10/h13-16,18-19H,6,8,12,17H2,1-5,7,9-11H3/b27-22-. The minimum Gasteiger partial charge on any atom is -0.300 e. The minimum atomic E-state index is 0.0946. The highest BCUT2D eigenvalue weighted by Crippen LogP contribution is 2.65. The summed E-state index contributed by atoms with van der Waals surface area (Å²) in [4.78, 5) is 9.05. The first kappa shape index (κ1) is 25.0. The molecule has 3 heteroatoms. The molecule has 0 N–H and O–H groups in total. The fourth-order valence-electron chi connectivity index (χ4n) is 4.87. The van der Waals surface area contributed by atoms with Gasteiger partial charge in [-0.15, -0.1) is 0 Å². The van der Waals surface area contributed by atoms with Gasteiger partial charge in [0.05, 0.1) is 5.70 Å². The molecule has 1 aliphatic carbocycles. The Hall–Kier alpha value is -2.68. The van der Waals surface area contributed by atoms with Gasteiger partial charge in [0.25, 0.3) is 0 Å². The van der Waals surface area contributed by atoms with Gasteiger partial charge in [0, 0.05) is 29.2 Å². The molecule has 176 valence electrons. The lowest BCUT2D eigenvalue weighted by Crippen LogP contribution is -2.15. The quantitative estimate of drug-likeness (QED) is 0.298. The van der Waals surface area contributed by atoms with Gasteiger partial charge in [-0.2, -0.15) is 0 Å². The largest absolute Gasteiger partial charge is 0.300 e. The maximum atomic E-state index is 4.91. The van der Waals surface area contributed by atoms with E-state index in [0.717, 1.165) is 28.9 Å². The third-order valence-corrected chi connectivity index (χ3v) is 7.99.